The number of carbonyl (C=O) groups excluding carboxylic acids is 2. The molecule has 2 bridgehead atoms. The van der Waals surface area contributed by atoms with Gasteiger partial charge in [-0.1, -0.05) is 48.3 Å². The first kappa shape index (κ1) is 37.2. The van der Waals surface area contributed by atoms with E-state index in [-0.39, 0.29) is 42.7 Å². The molecule has 2 aromatic heterocycles. The van der Waals surface area contributed by atoms with Gasteiger partial charge < -0.3 is 18.9 Å². The van der Waals surface area contributed by atoms with Gasteiger partial charge in [0.05, 0.1) is 30.6 Å². The summed E-state index contributed by atoms with van der Waals surface area (Å²) in [5.41, 5.74) is 2.54. The molecule has 7 rings (SSSR count). The van der Waals surface area contributed by atoms with Gasteiger partial charge in [-0.15, -0.1) is 0 Å². The van der Waals surface area contributed by atoms with Gasteiger partial charge in [0, 0.05) is 24.7 Å². The molecule has 0 unspecified atom stereocenters. The summed E-state index contributed by atoms with van der Waals surface area (Å²) in [6, 6.07) is 14.6. The minimum atomic E-state index is -3.06. The van der Waals surface area contributed by atoms with Gasteiger partial charge in [-0.05, 0) is 85.8 Å². The third-order valence-electron chi connectivity index (χ3n) is 9.21. The van der Waals surface area contributed by atoms with Crippen molar-refractivity contribution in [1.29, 1.82) is 0 Å². The number of halogens is 4. The average Bonchev–Trinajstić information content (AvgIpc) is 3.15. The summed E-state index contributed by atoms with van der Waals surface area (Å²) >= 11 is 12.9. The number of benzene rings is 2. The number of nitrogens with zero attached hydrogens (tertiary/aromatic N) is 3. The zero-order valence-corrected chi connectivity index (χ0v) is 30.0. The Morgan fingerprint density at radius 2 is 1.79 bits per heavy atom. The first-order valence-corrected chi connectivity index (χ1v) is 17.9. The van der Waals surface area contributed by atoms with Crippen molar-refractivity contribution in [2.24, 2.45) is 5.92 Å². The van der Waals surface area contributed by atoms with E-state index in [4.69, 9.17) is 37.4 Å². The molecular formula is C38H39Cl2F2N4O6+. The number of fused-ring (bicyclic) bond motifs is 3. The second-order valence-electron chi connectivity index (χ2n) is 12.7. The summed E-state index contributed by atoms with van der Waals surface area (Å²) in [5.74, 6) is -0.369. The lowest BCUT2D eigenvalue weighted by Crippen LogP contribution is -2.53. The second kappa shape index (κ2) is 17.3. The zero-order valence-electron chi connectivity index (χ0n) is 28.5. The number of hydrogen-bond acceptors (Lipinski definition) is 8. The maximum absolute atomic E-state index is 13.7. The lowest BCUT2D eigenvalue weighted by molar-refractivity contribution is -0.377. The summed E-state index contributed by atoms with van der Waals surface area (Å²) in [6.07, 6.45) is 7.50. The van der Waals surface area contributed by atoms with E-state index in [0.717, 1.165) is 38.0 Å². The molecule has 1 N–H and O–H groups in total. The van der Waals surface area contributed by atoms with Crippen LogP contribution in [0.1, 0.15) is 59.3 Å². The molecule has 52 heavy (non-hydrogen) atoms. The first-order chi connectivity index (χ1) is 25.2. The third-order valence-corrected chi connectivity index (χ3v) is 9.88. The number of nitrogens with one attached hydrogen (secondary N) is 1. The molecule has 4 aromatic rings. The summed E-state index contributed by atoms with van der Waals surface area (Å²) in [7, 11) is 0. The number of ether oxygens (including phenoxy) is 4. The minimum Gasteiger partial charge on any atom is -0.490 e. The van der Waals surface area contributed by atoms with Crippen LogP contribution in [0, 0.1) is 5.92 Å². The Balaban J connectivity index is 1.21. The van der Waals surface area contributed by atoms with Crippen LogP contribution in [-0.4, -0.2) is 60.9 Å². The van der Waals surface area contributed by atoms with Gasteiger partial charge in [0.2, 0.25) is 0 Å². The molecule has 2 atom stereocenters. The number of anilines is 1. The second-order valence-corrected chi connectivity index (χ2v) is 13.5. The summed E-state index contributed by atoms with van der Waals surface area (Å²) in [4.78, 5) is 38.2. The normalized spacial score (nSPS) is 18.5. The molecule has 3 saturated heterocycles. The standard InChI is InChI=1S/C38H38Cl2F2N4O6/c1-2-16-49-34-17-27(9-10-32(34)51-37(41)42)33(18-29-30(39)20-44-21-31(29)40)50-36(47)26-7-5-24(6-8-26)22-46(28-4-3-13-43-19-28)38(48)52-35-23-45-14-11-25(35)12-15-45/h3-10,13,17,19-21,25,33,35,37H,2,11-12,14-16,18,22-23H2,1H3/p+1/t33-,35-/m0/s1. The maximum atomic E-state index is 13.7. The Morgan fingerprint density at radius 1 is 1.04 bits per heavy atom. The Labute approximate surface area is 310 Å². The van der Waals surface area contributed by atoms with Crippen LogP contribution in [0.25, 0.3) is 0 Å². The highest BCUT2D eigenvalue weighted by molar-refractivity contribution is 6.35. The first-order valence-electron chi connectivity index (χ1n) is 17.1. The number of amides is 1. The molecule has 0 spiro atoms. The largest absolute Gasteiger partial charge is 0.490 e. The Hall–Kier alpha value is -4.52. The number of rotatable bonds is 14. The lowest BCUT2D eigenvalue weighted by atomic mass is 9.86. The molecule has 0 radical (unpaired) electrons. The van der Waals surface area contributed by atoms with E-state index in [1.54, 1.807) is 66.1 Å². The third kappa shape index (κ3) is 9.28. The Bertz CT molecular complexity index is 1810. The van der Waals surface area contributed by atoms with Gasteiger partial charge in [-0.25, -0.2) is 14.6 Å². The van der Waals surface area contributed by atoms with Crippen molar-refractivity contribution in [2.75, 3.05) is 31.1 Å². The summed E-state index contributed by atoms with van der Waals surface area (Å²) in [5, 5.41) is 0.645. The molecule has 3 aliphatic rings. The van der Waals surface area contributed by atoms with Crippen LogP contribution in [0.5, 0.6) is 11.5 Å². The van der Waals surface area contributed by atoms with Crippen molar-refractivity contribution >= 4 is 41.0 Å². The van der Waals surface area contributed by atoms with Gasteiger partial charge in [-0.2, -0.15) is 8.78 Å². The van der Waals surface area contributed by atoms with Gasteiger partial charge in [0.25, 0.3) is 0 Å². The molecule has 274 valence electrons. The predicted molar refractivity (Wildman–Crippen MR) is 190 cm³/mol. The van der Waals surface area contributed by atoms with Crippen LogP contribution in [0.3, 0.4) is 0 Å². The molecule has 1 amide bonds. The Kier molecular flexibility index (Phi) is 12.4. The van der Waals surface area contributed by atoms with Crippen LogP contribution in [-0.2, 0) is 22.4 Å². The highest BCUT2D eigenvalue weighted by Gasteiger charge is 2.37. The monoisotopic (exact) mass is 755 g/mol. The number of aromatic amines is 1. The molecule has 0 aliphatic carbocycles. The van der Waals surface area contributed by atoms with E-state index in [1.807, 2.05) is 6.92 Å². The molecule has 14 heteroatoms. The number of alkyl halides is 2. The molecule has 10 nitrogen and oxygen atoms in total. The van der Waals surface area contributed by atoms with Crippen LogP contribution in [0.2, 0.25) is 10.0 Å². The van der Waals surface area contributed by atoms with Gasteiger partial charge in [0.1, 0.15) is 22.3 Å². The maximum Gasteiger partial charge on any atom is 0.414 e. The molecule has 3 fully saturated rings. The van der Waals surface area contributed by atoms with E-state index >= 15 is 0 Å². The highest BCUT2D eigenvalue weighted by Crippen LogP contribution is 2.37. The van der Waals surface area contributed by atoms with Gasteiger partial charge >= 0.3 is 18.7 Å². The number of pyridine rings is 2. The van der Waals surface area contributed by atoms with Crippen molar-refractivity contribution < 1.29 is 42.3 Å². The zero-order chi connectivity index (χ0) is 36.6. The fraction of sp³-hybridized carbons (Fsp3) is 0.368. The van der Waals surface area contributed by atoms with Gasteiger partial charge in [-0.3, -0.25) is 14.8 Å². The number of H-pyrrole nitrogens is 1. The van der Waals surface area contributed by atoms with Crippen LogP contribution in [0.4, 0.5) is 19.3 Å². The van der Waals surface area contributed by atoms with E-state index in [2.05, 4.69) is 19.6 Å². The summed E-state index contributed by atoms with van der Waals surface area (Å²) < 4.78 is 48.8. The number of piperidine rings is 3. The quantitative estimate of drug-likeness (QED) is 0.119. The molecule has 0 saturated carbocycles. The number of carbonyl (C=O) groups is 2. The predicted octanol–water partition coefficient (Wildman–Crippen LogP) is 7.97. The fourth-order valence-electron chi connectivity index (χ4n) is 6.47. The van der Waals surface area contributed by atoms with Crippen LogP contribution >= 0.6 is 23.2 Å². The van der Waals surface area contributed by atoms with Gasteiger partial charge in [0.15, 0.2) is 23.9 Å². The average molecular weight is 757 g/mol. The Morgan fingerprint density at radius 3 is 2.42 bits per heavy atom. The van der Waals surface area contributed by atoms with Crippen LogP contribution in [0.15, 0.2) is 79.4 Å². The fourth-order valence-corrected chi connectivity index (χ4v) is 7.00. The van der Waals surface area contributed by atoms with E-state index in [0.29, 0.717) is 39.2 Å². The molecule has 5 heterocycles. The van der Waals surface area contributed by atoms with Crippen molar-refractivity contribution in [2.45, 2.75) is 58.0 Å². The van der Waals surface area contributed by atoms with Crippen molar-refractivity contribution in [3.05, 3.63) is 112 Å². The SMILES string of the molecule is CCCOc1cc([C@H](Cc2c(Cl)c[nH+]cc2Cl)OC(=O)c2ccc(CN(C(=O)O[C@H]3CN4CCC3CC4)c3cccnc3)cc2)ccc1OC(F)F. The molecule has 3 aliphatic heterocycles. The van der Waals surface area contributed by atoms with E-state index < -0.39 is 24.8 Å². The number of esters is 1. The van der Waals surface area contributed by atoms with E-state index in [1.165, 1.54) is 18.2 Å². The minimum absolute atomic E-state index is 0.0697. The van der Waals surface area contributed by atoms with Crippen molar-refractivity contribution in [1.82, 2.24) is 9.88 Å². The smallest absolute Gasteiger partial charge is 0.414 e. The van der Waals surface area contributed by atoms with Crippen molar-refractivity contribution in [3.8, 4) is 11.5 Å². The topological polar surface area (TPSA) is 105 Å². The number of hydrogen-bond donors (Lipinski definition) is 0. The number of aromatic nitrogens is 2. The van der Waals surface area contributed by atoms with Crippen LogP contribution < -0.4 is 19.4 Å². The van der Waals surface area contributed by atoms with Crippen molar-refractivity contribution in [3.63, 3.8) is 0 Å². The highest BCUT2D eigenvalue weighted by atomic mass is 35.5. The molecular weight excluding hydrogens is 717 g/mol. The summed E-state index contributed by atoms with van der Waals surface area (Å²) in [6.45, 7) is 2.05. The molecule has 2 aromatic carbocycles. The van der Waals surface area contributed by atoms with E-state index in [9.17, 15) is 18.4 Å². The lowest BCUT2D eigenvalue weighted by Gasteiger charge is -2.44.